The summed E-state index contributed by atoms with van der Waals surface area (Å²) in [6, 6.07) is 9.63. The summed E-state index contributed by atoms with van der Waals surface area (Å²) in [6.45, 7) is 3.54. The predicted molar refractivity (Wildman–Crippen MR) is 103 cm³/mol. The maximum absolute atomic E-state index is 14.4. The number of methoxy groups -OCH3 is 1. The number of morpholine rings is 1. The Morgan fingerprint density at radius 3 is 2.67 bits per heavy atom. The molecule has 1 heterocycles. The minimum Gasteiger partial charge on any atom is -0.493 e. The first-order valence-electron chi connectivity index (χ1n) is 8.32. The van der Waals surface area contributed by atoms with E-state index in [4.69, 9.17) is 14.2 Å². The van der Waals surface area contributed by atoms with Crippen LogP contribution in [0.3, 0.4) is 0 Å². The Hall–Kier alpha value is -2.35. The third-order valence-corrected chi connectivity index (χ3v) is 3.96. The van der Waals surface area contributed by atoms with Crippen LogP contribution in [-0.4, -0.2) is 38.8 Å². The first-order chi connectivity index (χ1) is 12.6. The van der Waals surface area contributed by atoms with Crippen LogP contribution in [0.5, 0.6) is 17.2 Å². The van der Waals surface area contributed by atoms with Gasteiger partial charge in [-0.25, -0.2) is 4.39 Å². The number of halogens is 2. The molecule has 27 heavy (non-hydrogen) atoms. The average molecular weight is 397 g/mol. The van der Waals surface area contributed by atoms with Crippen molar-refractivity contribution in [3.63, 3.8) is 0 Å². The first-order valence-corrected chi connectivity index (χ1v) is 8.32. The van der Waals surface area contributed by atoms with Crippen molar-refractivity contribution in [1.29, 1.82) is 0 Å². The lowest BCUT2D eigenvalue weighted by Gasteiger charge is -2.22. The maximum Gasteiger partial charge on any atom is 0.254 e. The highest BCUT2D eigenvalue weighted by molar-refractivity contribution is 5.94. The Balaban J connectivity index is 0.00000261. The van der Waals surface area contributed by atoms with Crippen molar-refractivity contribution in [2.45, 2.75) is 13.0 Å². The largest absolute Gasteiger partial charge is 0.493 e. The quantitative estimate of drug-likeness (QED) is 0.811. The number of nitrogens with one attached hydrogen (secondary N) is 2. The van der Waals surface area contributed by atoms with Crippen molar-refractivity contribution >= 4 is 24.0 Å². The summed E-state index contributed by atoms with van der Waals surface area (Å²) < 4.78 is 30.6. The summed E-state index contributed by atoms with van der Waals surface area (Å²) in [4.78, 5) is 12.1. The van der Waals surface area contributed by atoms with Crippen LogP contribution >= 0.6 is 12.4 Å². The standard InChI is InChI=1S/C19H21FN2O4.ClH/c1-12-3-5-16(17(9-12)24-2)26-15-6-4-13(10-14(15)20)22-19(23)18-11-21-7-8-25-18;/h3-6,9-10,18,21H,7-8,11H2,1-2H3,(H,22,23);1H. The monoisotopic (exact) mass is 396 g/mol. The van der Waals surface area contributed by atoms with E-state index in [2.05, 4.69) is 10.6 Å². The summed E-state index contributed by atoms with van der Waals surface area (Å²) in [7, 11) is 1.53. The Labute approximate surface area is 163 Å². The Bertz CT molecular complexity index is 797. The van der Waals surface area contributed by atoms with Crippen molar-refractivity contribution in [1.82, 2.24) is 5.32 Å². The molecule has 1 aliphatic heterocycles. The van der Waals surface area contributed by atoms with Gasteiger partial charge in [0, 0.05) is 24.8 Å². The second kappa shape index (κ2) is 9.55. The van der Waals surface area contributed by atoms with Crippen LogP contribution in [0.1, 0.15) is 5.56 Å². The zero-order valence-electron chi connectivity index (χ0n) is 15.1. The van der Waals surface area contributed by atoms with Crippen molar-refractivity contribution in [2.75, 3.05) is 32.1 Å². The fourth-order valence-corrected chi connectivity index (χ4v) is 2.60. The Kier molecular flexibility index (Phi) is 7.41. The number of carbonyl (C=O) groups is 1. The molecule has 0 spiro atoms. The molecule has 2 aromatic carbocycles. The molecule has 0 bridgehead atoms. The van der Waals surface area contributed by atoms with Crippen molar-refractivity contribution in [3.05, 3.63) is 47.8 Å². The third-order valence-electron chi connectivity index (χ3n) is 3.96. The number of ether oxygens (including phenoxy) is 3. The predicted octanol–water partition coefficient (Wildman–Crippen LogP) is 3.28. The number of hydrogen-bond donors (Lipinski definition) is 2. The molecule has 3 rings (SSSR count). The fraction of sp³-hybridized carbons (Fsp3) is 0.316. The van der Waals surface area contributed by atoms with Gasteiger partial charge in [0.15, 0.2) is 23.1 Å². The fourth-order valence-electron chi connectivity index (χ4n) is 2.60. The summed E-state index contributed by atoms with van der Waals surface area (Å²) >= 11 is 0. The molecular formula is C19H22ClFN2O4. The number of hydrogen-bond acceptors (Lipinski definition) is 5. The van der Waals surface area contributed by atoms with Crippen molar-refractivity contribution in [3.8, 4) is 17.2 Å². The number of carbonyl (C=O) groups excluding carboxylic acids is 1. The van der Waals surface area contributed by atoms with E-state index in [0.717, 1.165) is 5.56 Å². The second-order valence-corrected chi connectivity index (χ2v) is 5.95. The summed E-state index contributed by atoms with van der Waals surface area (Å²) in [5.41, 5.74) is 1.34. The van der Waals surface area contributed by atoms with Crippen LogP contribution in [0.2, 0.25) is 0 Å². The number of aryl methyl sites for hydroxylation is 1. The Morgan fingerprint density at radius 1 is 1.22 bits per heavy atom. The van der Waals surface area contributed by atoms with E-state index in [1.165, 1.54) is 19.2 Å². The summed E-state index contributed by atoms with van der Waals surface area (Å²) in [5.74, 6) is 0.0681. The second-order valence-electron chi connectivity index (χ2n) is 5.95. The van der Waals surface area contributed by atoms with Crippen LogP contribution in [0.4, 0.5) is 10.1 Å². The molecule has 146 valence electrons. The van der Waals surface area contributed by atoms with E-state index in [0.29, 0.717) is 36.9 Å². The highest BCUT2D eigenvalue weighted by atomic mass is 35.5. The Morgan fingerprint density at radius 2 is 2.00 bits per heavy atom. The van der Waals surface area contributed by atoms with Crippen molar-refractivity contribution in [2.24, 2.45) is 0 Å². The molecule has 0 saturated carbocycles. The molecule has 1 aliphatic rings. The van der Waals surface area contributed by atoms with E-state index in [1.54, 1.807) is 18.2 Å². The molecular weight excluding hydrogens is 375 g/mol. The minimum absolute atomic E-state index is 0. The van der Waals surface area contributed by atoms with Crippen LogP contribution in [0, 0.1) is 12.7 Å². The SMILES string of the molecule is COc1cc(C)ccc1Oc1ccc(NC(=O)C2CNCCO2)cc1F.Cl. The van der Waals surface area contributed by atoms with E-state index in [9.17, 15) is 9.18 Å². The molecule has 1 unspecified atom stereocenters. The molecule has 2 N–H and O–H groups in total. The summed E-state index contributed by atoms with van der Waals surface area (Å²) in [5, 5.41) is 5.72. The normalized spacial score (nSPS) is 16.2. The van der Waals surface area contributed by atoms with E-state index in [1.807, 2.05) is 13.0 Å². The topological polar surface area (TPSA) is 68.8 Å². The van der Waals surface area contributed by atoms with Crippen molar-refractivity contribution < 1.29 is 23.4 Å². The van der Waals surface area contributed by atoms with Gasteiger partial charge < -0.3 is 24.8 Å². The molecule has 1 atom stereocenters. The molecule has 6 nitrogen and oxygen atoms in total. The zero-order chi connectivity index (χ0) is 18.5. The first kappa shape index (κ1) is 21.0. The molecule has 0 aromatic heterocycles. The van der Waals surface area contributed by atoms with Crippen LogP contribution in [0.15, 0.2) is 36.4 Å². The number of anilines is 1. The van der Waals surface area contributed by atoms with Gasteiger partial charge in [-0.05, 0) is 36.8 Å². The molecule has 0 aliphatic carbocycles. The van der Waals surface area contributed by atoms with Crippen LogP contribution in [-0.2, 0) is 9.53 Å². The number of rotatable bonds is 5. The van der Waals surface area contributed by atoms with Gasteiger partial charge in [-0.1, -0.05) is 6.07 Å². The lowest BCUT2D eigenvalue weighted by Crippen LogP contribution is -2.45. The maximum atomic E-state index is 14.4. The smallest absolute Gasteiger partial charge is 0.254 e. The minimum atomic E-state index is -0.590. The van der Waals surface area contributed by atoms with Gasteiger partial charge in [-0.3, -0.25) is 4.79 Å². The van der Waals surface area contributed by atoms with Gasteiger partial charge in [0.1, 0.15) is 6.10 Å². The van der Waals surface area contributed by atoms with E-state index in [-0.39, 0.29) is 24.1 Å². The average Bonchev–Trinajstić information content (AvgIpc) is 2.65. The van der Waals surface area contributed by atoms with E-state index < -0.39 is 11.9 Å². The highest BCUT2D eigenvalue weighted by Gasteiger charge is 2.22. The third kappa shape index (κ3) is 5.32. The molecule has 0 radical (unpaired) electrons. The van der Waals surface area contributed by atoms with Crippen LogP contribution < -0.4 is 20.1 Å². The number of benzene rings is 2. The lowest BCUT2D eigenvalue weighted by atomic mass is 10.2. The molecule has 8 heteroatoms. The van der Waals surface area contributed by atoms with E-state index >= 15 is 0 Å². The summed E-state index contributed by atoms with van der Waals surface area (Å²) in [6.07, 6.45) is -0.584. The van der Waals surface area contributed by atoms with Gasteiger partial charge in [0.05, 0.1) is 13.7 Å². The lowest BCUT2D eigenvalue weighted by molar-refractivity contribution is -0.128. The van der Waals surface area contributed by atoms with Gasteiger partial charge in [-0.15, -0.1) is 12.4 Å². The van der Waals surface area contributed by atoms with Gasteiger partial charge in [0.2, 0.25) is 0 Å². The molecule has 1 fully saturated rings. The molecule has 1 saturated heterocycles. The van der Waals surface area contributed by atoms with Gasteiger partial charge >= 0.3 is 0 Å². The number of amides is 1. The van der Waals surface area contributed by atoms with Crippen LogP contribution in [0.25, 0.3) is 0 Å². The van der Waals surface area contributed by atoms with Gasteiger partial charge in [0.25, 0.3) is 5.91 Å². The zero-order valence-corrected chi connectivity index (χ0v) is 15.9. The highest BCUT2D eigenvalue weighted by Crippen LogP contribution is 2.34. The molecule has 1 amide bonds. The molecule has 2 aromatic rings. The van der Waals surface area contributed by atoms with Gasteiger partial charge in [-0.2, -0.15) is 0 Å².